The summed E-state index contributed by atoms with van der Waals surface area (Å²) in [6, 6.07) is 6.81. The van der Waals surface area contributed by atoms with Gasteiger partial charge in [-0.1, -0.05) is 13.0 Å². The SMILES string of the molecule is CCN1CCN(c2ccc([C@@H](C)Nc3ncc(C#N)c(-c4c[nH]c5ncc(C(F)(F)F)cc45)n3)cn2)CC1. The number of nitrogens with one attached hydrogen (secondary N) is 2. The molecule has 0 spiro atoms. The average molecular weight is 522 g/mol. The zero-order valence-electron chi connectivity index (χ0n) is 20.9. The molecule has 0 bridgehead atoms. The van der Waals surface area contributed by atoms with E-state index >= 15 is 0 Å². The molecule has 1 saturated heterocycles. The molecule has 0 amide bonds. The Labute approximate surface area is 217 Å². The molecule has 9 nitrogen and oxygen atoms in total. The van der Waals surface area contributed by atoms with Crippen LogP contribution in [0.1, 0.15) is 36.6 Å². The van der Waals surface area contributed by atoms with Crippen LogP contribution in [0.5, 0.6) is 0 Å². The molecular weight excluding hydrogens is 495 g/mol. The lowest BCUT2D eigenvalue weighted by molar-refractivity contribution is -0.137. The van der Waals surface area contributed by atoms with Gasteiger partial charge in [0.05, 0.1) is 29.1 Å². The van der Waals surface area contributed by atoms with Crippen LogP contribution in [0.2, 0.25) is 0 Å². The standard InChI is InChI=1S/C26H26F3N9/c1-3-37-6-8-38(9-7-37)22-5-4-17(12-31-22)16(2)35-25-34-13-18(11-30)23(36-25)21-15-33-24-20(21)10-19(14-32-24)26(27,28)29/h4-5,10,12-16H,3,6-9H2,1-2H3,(H,32,33)(H,34,35,36)/t16-/m1/s1. The Kier molecular flexibility index (Phi) is 6.86. The van der Waals surface area contributed by atoms with Gasteiger partial charge in [-0.2, -0.15) is 18.4 Å². The van der Waals surface area contributed by atoms with Crippen molar-refractivity contribution >= 4 is 22.8 Å². The first-order chi connectivity index (χ1) is 18.3. The number of anilines is 2. The van der Waals surface area contributed by atoms with Crippen LogP contribution < -0.4 is 10.2 Å². The van der Waals surface area contributed by atoms with E-state index in [-0.39, 0.29) is 34.3 Å². The van der Waals surface area contributed by atoms with E-state index in [0.29, 0.717) is 5.56 Å². The molecule has 5 heterocycles. The van der Waals surface area contributed by atoms with Crippen LogP contribution in [0.4, 0.5) is 24.9 Å². The predicted octanol–water partition coefficient (Wildman–Crippen LogP) is 4.62. The highest BCUT2D eigenvalue weighted by Crippen LogP contribution is 2.35. The van der Waals surface area contributed by atoms with Gasteiger partial charge >= 0.3 is 6.18 Å². The highest BCUT2D eigenvalue weighted by atomic mass is 19.4. The number of alkyl halides is 3. The molecule has 1 fully saturated rings. The number of hydrogen-bond acceptors (Lipinski definition) is 8. The smallest absolute Gasteiger partial charge is 0.354 e. The maximum atomic E-state index is 13.3. The third-order valence-electron chi connectivity index (χ3n) is 6.78. The molecule has 12 heteroatoms. The summed E-state index contributed by atoms with van der Waals surface area (Å²) in [5, 5.41) is 13.0. The number of likely N-dealkylation sites (N-methyl/N-ethyl adjacent to an activating group) is 1. The van der Waals surface area contributed by atoms with E-state index in [2.05, 4.69) is 47.0 Å². The fraction of sp³-hybridized carbons (Fsp3) is 0.346. The fourth-order valence-corrected chi connectivity index (χ4v) is 4.50. The minimum Gasteiger partial charge on any atom is -0.354 e. The quantitative estimate of drug-likeness (QED) is 0.378. The third kappa shape index (κ3) is 5.10. The summed E-state index contributed by atoms with van der Waals surface area (Å²) in [4.78, 5) is 24.8. The molecule has 0 unspecified atom stereocenters. The Bertz CT molecular complexity index is 1470. The number of nitrogens with zero attached hydrogens (tertiary/aromatic N) is 7. The van der Waals surface area contributed by atoms with Gasteiger partial charge in [0.15, 0.2) is 0 Å². The fourth-order valence-electron chi connectivity index (χ4n) is 4.50. The van der Waals surface area contributed by atoms with Crippen molar-refractivity contribution in [3.63, 3.8) is 0 Å². The predicted molar refractivity (Wildman–Crippen MR) is 137 cm³/mol. The minimum atomic E-state index is -4.55. The number of aromatic amines is 1. The lowest BCUT2D eigenvalue weighted by Gasteiger charge is -2.34. The van der Waals surface area contributed by atoms with Gasteiger partial charge in [0.1, 0.15) is 17.5 Å². The van der Waals surface area contributed by atoms with E-state index in [9.17, 15) is 18.4 Å². The molecule has 1 aliphatic rings. The summed E-state index contributed by atoms with van der Waals surface area (Å²) < 4.78 is 39.9. The number of nitriles is 1. The monoisotopic (exact) mass is 521 g/mol. The second-order valence-electron chi connectivity index (χ2n) is 9.13. The van der Waals surface area contributed by atoms with E-state index in [0.717, 1.165) is 56.4 Å². The zero-order valence-corrected chi connectivity index (χ0v) is 20.9. The van der Waals surface area contributed by atoms with Crippen LogP contribution in [0.15, 0.2) is 43.0 Å². The maximum absolute atomic E-state index is 13.3. The summed E-state index contributed by atoms with van der Waals surface area (Å²) in [6.07, 6.45) is 0.890. The number of halogens is 3. The number of piperazine rings is 1. The van der Waals surface area contributed by atoms with Crippen molar-refractivity contribution in [2.24, 2.45) is 0 Å². The molecule has 196 valence electrons. The van der Waals surface area contributed by atoms with Crippen molar-refractivity contribution in [3.05, 3.63) is 59.7 Å². The highest BCUT2D eigenvalue weighted by molar-refractivity contribution is 5.94. The second kappa shape index (κ2) is 10.3. The van der Waals surface area contributed by atoms with E-state index in [1.807, 2.05) is 31.3 Å². The van der Waals surface area contributed by atoms with Crippen LogP contribution in [0.25, 0.3) is 22.3 Å². The molecule has 1 aliphatic heterocycles. The van der Waals surface area contributed by atoms with E-state index in [4.69, 9.17) is 0 Å². The lowest BCUT2D eigenvalue weighted by atomic mass is 10.1. The van der Waals surface area contributed by atoms with Crippen LogP contribution in [0.3, 0.4) is 0 Å². The Hall–Kier alpha value is -4.24. The zero-order chi connectivity index (χ0) is 26.9. The van der Waals surface area contributed by atoms with E-state index in [1.165, 1.54) is 12.4 Å². The summed E-state index contributed by atoms with van der Waals surface area (Å²) in [7, 11) is 0. The Balaban J connectivity index is 1.37. The molecule has 0 aromatic carbocycles. The molecule has 38 heavy (non-hydrogen) atoms. The van der Waals surface area contributed by atoms with Crippen LogP contribution in [-0.2, 0) is 6.18 Å². The van der Waals surface area contributed by atoms with Crippen LogP contribution in [0, 0.1) is 11.3 Å². The summed E-state index contributed by atoms with van der Waals surface area (Å²) >= 11 is 0. The molecule has 1 atom stereocenters. The molecule has 4 aromatic heterocycles. The first-order valence-electron chi connectivity index (χ1n) is 12.3. The number of H-pyrrole nitrogens is 1. The number of aromatic nitrogens is 5. The van der Waals surface area contributed by atoms with Crippen molar-refractivity contribution in [3.8, 4) is 17.3 Å². The van der Waals surface area contributed by atoms with Crippen LogP contribution in [-0.4, -0.2) is 62.5 Å². The minimum absolute atomic E-state index is 0.135. The van der Waals surface area contributed by atoms with Crippen LogP contribution >= 0.6 is 0 Å². The topological polar surface area (TPSA) is 110 Å². The van der Waals surface area contributed by atoms with Gasteiger partial charge in [0.2, 0.25) is 5.95 Å². The van der Waals surface area contributed by atoms with E-state index < -0.39 is 11.7 Å². The Morgan fingerprint density at radius 2 is 1.89 bits per heavy atom. The third-order valence-corrected chi connectivity index (χ3v) is 6.78. The number of rotatable bonds is 6. The van der Waals surface area contributed by atoms with Gasteiger partial charge in [-0.05, 0) is 31.2 Å². The maximum Gasteiger partial charge on any atom is 0.417 e. The number of fused-ring (bicyclic) bond motifs is 1. The molecule has 0 radical (unpaired) electrons. The Morgan fingerprint density at radius 3 is 2.55 bits per heavy atom. The van der Waals surface area contributed by atoms with Crippen molar-refractivity contribution in [1.82, 2.24) is 29.8 Å². The van der Waals surface area contributed by atoms with Gasteiger partial charge < -0.3 is 20.1 Å². The van der Waals surface area contributed by atoms with Gasteiger partial charge in [-0.3, -0.25) is 0 Å². The van der Waals surface area contributed by atoms with E-state index in [1.54, 1.807) is 0 Å². The first-order valence-corrected chi connectivity index (χ1v) is 12.3. The molecule has 0 saturated carbocycles. The van der Waals surface area contributed by atoms with Gasteiger partial charge in [-0.15, -0.1) is 0 Å². The highest BCUT2D eigenvalue weighted by Gasteiger charge is 2.31. The van der Waals surface area contributed by atoms with Crippen molar-refractivity contribution < 1.29 is 13.2 Å². The summed E-state index contributed by atoms with van der Waals surface area (Å²) in [5.74, 6) is 1.17. The van der Waals surface area contributed by atoms with Gasteiger partial charge in [0, 0.05) is 55.7 Å². The largest absolute Gasteiger partial charge is 0.417 e. The Morgan fingerprint density at radius 1 is 1.11 bits per heavy atom. The van der Waals surface area contributed by atoms with Gasteiger partial charge in [0.25, 0.3) is 0 Å². The first kappa shape index (κ1) is 25.4. The molecule has 5 rings (SSSR count). The molecule has 2 N–H and O–H groups in total. The molecule has 0 aliphatic carbocycles. The molecular formula is C26H26F3N9. The lowest BCUT2D eigenvalue weighted by Crippen LogP contribution is -2.46. The van der Waals surface area contributed by atoms with Crippen molar-refractivity contribution in [2.75, 3.05) is 42.9 Å². The number of hydrogen-bond donors (Lipinski definition) is 2. The summed E-state index contributed by atoms with van der Waals surface area (Å²) in [5.41, 5.74) is 0.984. The normalized spacial score (nSPS) is 15.4. The van der Waals surface area contributed by atoms with Crippen molar-refractivity contribution in [2.45, 2.75) is 26.1 Å². The summed E-state index contributed by atoms with van der Waals surface area (Å²) in [6.45, 7) is 9.05. The van der Waals surface area contributed by atoms with Gasteiger partial charge in [-0.25, -0.2) is 19.9 Å². The molecule has 4 aromatic rings. The number of pyridine rings is 2. The second-order valence-corrected chi connectivity index (χ2v) is 9.13. The average Bonchev–Trinajstić information content (AvgIpc) is 3.36. The van der Waals surface area contributed by atoms with Crippen molar-refractivity contribution in [1.29, 1.82) is 5.26 Å².